The van der Waals surface area contributed by atoms with E-state index in [4.69, 9.17) is 11.2 Å². The van der Waals surface area contributed by atoms with Gasteiger partial charge in [0.2, 0.25) is 0 Å². The van der Waals surface area contributed by atoms with Crippen LogP contribution in [0.3, 0.4) is 0 Å². The minimum absolute atomic E-state index is 0.0967. The highest BCUT2D eigenvalue weighted by molar-refractivity contribution is 5.21. The summed E-state index contributed by atoms with van der Waals surface area (Å²) in [5.74, 6) is 2.68. The average molecular weight is 190 g/mol. The van der Waals surface area contributed by atoms with Crippen LogP contribution in [0.25, 0.3) is 0 Å². The molecule has 0 aromatic rings. The van der Waals surface area contributed by atoms with E-state index in [2.05, 4.69) is 25.5 Å². The summed E-state index contributed by atoms with van der Waals surface area (Å²) in [6.07, 6.45) is 13.2. The number of rotatable bonds is 5. The van der Waals surface area contributed by atoms with E-state index in [0.717, 1.165) is 25.7 Å². The van der Waals surface area contributed by atoms with Crippen LogP contribution in [0.15, 0.2) is 24.3 Å². The third-order valence-corrected chi connectivity index (χ3v) is 2.87. The summed E-state index contributed by atoms with van der Waals surface area (Å²) in [5.41, 5.74) is 1.23. The van der Waals surface area contributed by atoms with Crippen LogP contribution in [-0.4, -0.2) is 12.2 Å². The maximum Gasteiger partial charge on any atom is 0.0905 e. The second kappa shape index (κ2) is 5.02. The van der Waals surface area contributed by atoms with Gasteiger partial charge in [-0.1, -0.05) is 12.2 Å². The van der Waals surface area contributed by atoms with Gasteiger partial charge in [0.05, 0.1) is 12.2 Å². The predicted molar refractivity (Wildman–Crippen MR) is 59.9 cm³/mol. The first-order chi connectivity index (χ1) is 6.75. The highest BCUT2D eigenvalue weighted by Gasteiger charge is 2.34. The number of hydrogen-bond donors (Lipinski definition) is 0. The molecule has 1 unspecified atom stereocenters. The molecule has 1 atom stereocenters. The lowest BCUT2D eigenvalue weighted by atomic mass is 9.91. The van der Waals surface area contributed by atoms with Gasteiger partial charge in [-0.3, -0.25) is 0 Å². The molecule has 0 fully saturated rings. The third kappa shape index (κ3) is 2.27. The van der Waals surface area contributed by atoms with Crippen molar-refractivity contribution in [2.75, 3.05) is 6.61 Å². The molecule has 1 aliphatic carbocycles. The number of hydrogen-bond acceptors (Lipinski definition) is 1. The summed E-state index contributed by atoms with van der Waals surface area (Å²) >= 11 is 0. The number of allylic oxidation sites excluding steroid dienone is 1. The molecule has 1 heteroatoms. The summed E-state index contributed by atoms with van der Waals surface area (Å²) in [6.45, 7) is 6.41. The van der Waals surface area contributed by atoms with Crippen LogP contribution in [0, 0.1) is 12.3 Å². The summed E-state index contributed by atoms with van der Waals surface area (Å²) in [7, 11) is 0. The molecule has 14 heavy (non-hydrogen) atoms. The van der Waals surface area contributed by atoms with Crippen LogP contribution in [0.5, 0.6) is 0 Å². The van der Waals surface area contributed by atoms with E-state index in [1.54, 1.807) is 6.08 Å². The zero-order chi connectivity index (χ0) is 10.4. The molecule has 1 aliphatic rings. The topological polar surface area (TPSA) is 9.23 Å². The lowest BCUT2D eigenvalue weighted by molar-refractivity contribution is -0.00549. The molecule has 0 bridgehead atoms. The van der Waals surface area contributed by atoms with Crippen molar-refractivity contribution in [2.24, 2.45) is 0 Å². The van der Waals surface area contributed by atoms with Gasteiger partial charge in [0.15, 0.2) is 0 Å². The molecular formula is C13H18O. The lowest BCUT2D eigenvalue weighted by Crippen LogP contribution is -2.31. The fourth-order valence-electron chi connectivity index (χ4n) is 1.98. The van der Waals surface area contributed by atoms with Crippen LogP contribution >= 0.6 is 0 Å². The summed E-state index contributed by atoms with van der Waals surface area (Å²) in [5, 5.41) is 0. The Kier molecular flexibility index (Phi) is 3.98. The molecule has 0 heterocycles. The molecule has 76 valence electrons. The fraction of sp³-hybridized carbons (Fsp3) is 0.538. The van der Waals surface area contributed by atoms with Gasteiger partial charge in [-0.15, -0.1) is 18.9 Å². The SMILES string of the molecule is C#CCCC1(OCC=C)CCC=C1C. The number of ether oxygens (including phenoxy) is 1. The van der Waals surface area contributed by atoms with Gasteiger partial charge in [-0.25, -0.2) is 0 Å². The quantitative estimate of drug-likeness (QED) is 0.478. The Labute approximate surface area is 86.8 Å². The van der Waals surface area contributed by atoms with Crippen molar-refractivity contribution in [1.29, 1.82) is 0 Å². The molecule has 0 aromatic heterocycles. The highest BCUT2D eigenvalue weighted by atomic mass is 16.5. The van der Waals surface area contributed by atoms with Crippen molar-refractivity contribution in [3.05, 3.63) is 24.3 Å². The van der Waals surface area contributed by atoms with Crippen LogP contribution in [-0.2, 0) is 4.74 Å². The largest absolute Gasteiger partial charge is 0.367 e. The standard InChI is InChI=1S/C13H18O/c1-4-6-9-13(14-11-5-2)10-7-8-12(13)3/h1,5,8H,2,6-7,9-11H2,3H3. The van der Waals surface area contributed by atoms with Gasteiger partial charge in [-0.05, 0) is 31.8 Å². The second-order valence-corrected chi connectivity index (χ2v) is 3.72. The minimum Gasteiger partial charge on any atom is -0.367 e. The summed E-state index contributed by atoms with van der Waals surface area (Å²) in [6, 6.07) is 0. The van der Waals surface area contributed by atoms with Crippen molar-refractivity contribution in [2.45, 2.75) is 38.2 Å². The van der Waals surface area contributed by atoms with Gasteiger partial charge < -0.3 is 4.74 Å². The Hall–Kier alpha value is -1.00. The van der Waals surface area contributed by atoms with Gasteiger partial charge in [-0.2, -0.15) is 0 Å². The highest BCUT2D eigenvalue weighted by Crippen LogP contribution is 2.37. The summed E-state index contributed by atoms with van der Waals surface area (Å²) < 4.78 is 5.87. The molecule has 0 radical (unpaired) electrons. The van der Waals surface area contributed by atoms with Gasteiger partial charge >= 0.3 is 0 Å². The third-order valence-electron chi connectivity index (χ3n) is 2.87. The van der Waals surface area contributed by atoms with Crippen LogP contribution < -0.4 is 0 Å². The molecule has 0 aromatic carbocycles. The van der Waals surface area contributed by atoms with E-state index in [0.29, 0.717) is 6.61 Å². The molecular weight excluding hydrogens is 172 g/mol. The Morgan fingerprint density at radius 2 is 2.57 bits per heavy atom. The first-order valence-corrected chi connectivity index (χ1v) is 5.11. The van der Waals surface area contributed by atoms with Crippen molar-refractivity contribution in [3.8, 4) is 12.3 Å². The first kappa shape index (κ1) is 11.1. The molecule has 0 N–H and O–H groups in total. The van der Waals surface area contributed by atoms with E-state index < -0.39 is 0 Å². The fourth-order valence-corrected chi connectivity index (χ4v) is 1.98. The van der Waals surface area contributed by atoms with Crippen molar-refractivity contribution in [3.63, 3.8) is 0 Å². The van der Waals surface area contributed by atoms with E-state index in [1.165, 1.54) is 5.57 Å². The molecule has 0 saturated carbocycles. The maximum atomic E-state index is 5.87. The number of terminal acetylenes is 1. The molecule has 0 spiro atoms. The van der Waals surface area contributed by atoms with E-state index >= 15 is 0 Å². The van der Waals surface area contributed by atoms with Crippen molar-refractivity contribution >= 4 is 0 Å². The minimum atomic E-state index is -0.0967. The lowest BCUT2D eigenvalue weighted by Gasteiger charge is -2.30. The zero-order valence-corrected chi connectivity index (χ0v) is 8.88. The predicted octanol–water partition coefficient (Wildman–Crippen LogP) is 3.08. The van der Waals surface area contributed by atoms with Crippen LogP contribution in [0.2, 0.25) is 0 Å². The van der Waals surface area contributed by atoms with Gasteiger partial charge in [0.25, 0.3) is 0 Å². The average Bonchev–Trinajstić information content (AvgIpc) is 2.55. The second-order valence-electron chi connectivity index (χ2n) is 3.72. The van der Waals surface area contributed by atoms with Gasteiger partial charge in [0.1, 0.15) is 0 Å². The van der Waals surface area contributed by atoms with E-state index in [-0.39, 0.29) is 5.60 Å². The normalized spacial score (nSPS) is 25.6. The maximum absolute atomic E-state index is 5.87. The van der Waals surface area contributed by atoms with Crippen LogP contribution in [0.1, 0.15) is 32.6 Å². The molecule has 0 amide bonds. The molecule has 0 saturated heterocycles. The first-order valence-electron chi connectivity index (χ1n) is 5.11. The van der Waals surface area contributed by atoms with E-state index in [9.17, 15) is 0 Å². The van der Waals surface area contributed by atoms with Crippen LogP contribution in [0.4, 0.5) is 0 Å². The van der Waals surface area contributed by atoms with Crippen molar-refractivity contribution in [1.82, 2.24) is 0 Å². The summed E-state index contributed by atoms with van der Waals surface area (Å²) in [4.78, 5) is 0. The molecule has 1 rings (SSSR count). The Bertz CT molecular complexity index is 269. The van der Waals surface area contributed by atoms with Crippen molar-refractivity contribution < 1.29 is 4.74 Å². The monoisotopic (exact) mass is 190 g/mol. The van der Waals surface area contributed by atoms with E-state index in [1.807, 2.05) is 0 Å². The Morgan fingerprint density at radius 1 is 1.79 bits per heavy atom. The zero-order valence-electron chi connectivity index (χ0n) is 8.88. The Balaban J connectivity index is 2.65. The smallest absolute Gasteiger partial charge is 0.0905 e. The molecule has 0 aliphatic heterocycles. The van der Waals surface area contributed by atoms with Gasteiger partial charge in [0, 0.05) is 6.42 Å². The Morgan fingerprint density at radius 3 is 3.07 bits per heavy atom. The molecule has 1 nitrogen and oxygen atoms in total.